The Morgan fingerprint density at radius 1 is 1.46 bits per heavy atom. The number of nitrogens with one attached hydrogen (secondary N) is 1. The van der Waals surface area contributed by atoms with Gasteiger partial charge in [0, 0.05) is 38.8 Å². The standard InChI is InChI=1S/C8H21N5/c1-7(10)8(11,6-9)13-4-2-12-3-5-13/h7,12H,2-6,9-11H2,1H3. The lowest BCUT2D eigenvalue weighted by Crippen LogP contribution is -2.71. The molecule has 1 fully saturated rings. The quantitative estimate of drug-likeness (QED) is 0.404. The van der Waals surface area contributed by atoms with E-state index in [0.717, 1.165) is 26.2 Å². The van der Waals surface area contributed by atoms with Gasteiger partial charge in [-0.3, -0.25) is 4.90 Å². The van der Waals surface area contributed by atoms with Crippen molar-refractivity contribution in [3.8, 4) is 0 Å². The fourth-order valence-corrected chi connectivity index (χ4v) is 1.68. The lowest BCUT2D eigenvalue weighted by atomic mass is 10.0. The summed E-state index contributed by atoms with van der Waals surface area (Å²) in [4.78, 5) is 2.17. The third-order valence-corrected chi connectivity index (χ3v) is 2.82. The molecule has 5 nitrogen and oxygen atoms in total. The minimum atomic E-state index is -0.540. The van der Waals surface area contributed by atoms with Gasteiger partial charge in [-0.2, -0.15) is 0 Å². The van der Waals surface area contributed by atoms with Crippen LogP contribution in [0.15, 0.2) is 0 Å². The minimum absolute atomic E-state index is 0.101. The molecule has 0 aliphatic carbocycles. The molecule has 0 radical (unpaired) electrons. The van der Waals surface area contributed by atoms with Gasteiger partial charge in [-0.15, -0.1) is 0 Å². The van der Waals surface area contributed by atoms with Gasteiger partial charge in [0.25, 0.3) is 0 Å². The third-order valence-electron chi connectivity index (χ3n) is 2.82. The first-order valence-corrected chi connectivity index (χ1v) is 4.81. The van der Waals surface area contributed by atoms with Crippen LogP contribution < -0.4 is 22.5 Å². The molecule has 1 aliphatic rings. The molecule has 0 bridgehead atoms. The van der Waals surface area contributed by atoms with Crippen molar-refractivity contribution in [3.63, 3.8) is 0 Å². The Labute approximate surface area is 79.6 Å². The summed E-state index contributed by atoms with van der Waals surface area (Å²) in [6.07, 6.45) is 0. The summed E-state index contributed by atoms with van der Waals surface area (Å²) in [5, 5.41) is 3.27. The maximum Gasteiger partial charge on any atom is 0.0966 e. The van der Waals surface area contributed by atoms with Crippen LogP contribution >= 0.6 is 0 Å². The molecule has 2 atom stereocenters. The lowest BCUT2D eigenvalue weighted by molar-refractivity contribution is 0.0661. The largest absolute Gasteiger partial charge is 0.327 e. The van der Waals surface area contributed by atoms with Gasteiger partial charge in [0.1, 0.15) is 0 Å². The average Bonchev–Trinajstić information content (AvgIpc) is 2.17. The first-order chi connectivity index (χ1) is 6.11. The van der Waals surface area contributed by atoms with Gasteiger partial charge < -0.3 is 22.5 Å². The fourth-order valence-electron chi connectivity index (χ4n) is 1.68. The summed E-state index contributed by atoms with van der Waals surface area (Å²) in [6.45, 7) is 6.10. The van der Waals surface area contributed by atoms with Gasteiger partial charge in [-0.25, -0.2) is 0 Å². The van der Waals surface area contributed by atoms with Gasteiger partial charge in [0.05, 0.1) is 5.66 Å². The summed E-state index contributed by atoms with van der Waals surface area (Å²) in [7, 11) is 0. The molecule has 0 aromatic carbocycles. The maximum absolute atomic E-state index is 6.16. The summed E-state index contributed by atoms with van der Waals surface area (Å²) in [5.41, 5.74) is 17.1. The van der Waals surface area contributed by atoms with Crippen LogP contribution in [0, 0.1) is 0 Å². The molecule has 2 unspecified atom stereocenters. The van der Waals surface area contributed by atoms with Gasteiger partial charge in [-0.1, -0.05) is 0 Å². The van der Waals surface area contributed by atoms with Crippen LogP contribution in [-0.4, -0.2) is 49.3 Å². The molecule has 0 amide bonds. The van der Waals surface area contributed by atoms with E-state index in [2.05, 4.69) is 10.2 Å². The topological polar surface area (TPSA) is 93.3 Å². The molecule has 5 heteroatoms. The first kappa shape index (κ1) is 10.9. The van der Waals surface area contributed by atoms with Crippen molar-refractivity contribution < 1.29 is 0 Å². The zero-order chi connectivity index (χ0) is 9.90. The predicted octanol–water partition coefficient (Wildman–Crippen LogP) is -2.15. The molecular formula is C8H21N5. The minimum Gasteiger partial charge on any atom is -0.327 e. The third kappa shape index (κ3) is 2.18. The van der Waals surface area contributed by atoms with Crippen LogP contribution in [-0.2, 0) is 0 Å². The average molecular weight is 187 g/mol. The molecular weight excluding hydrogens is 166 g/mol. The molecule has 0 saturated carbocycles. The van der Waals surface area contributed by atoms with E-state index < -0.39 is 5.66 Å². The summed E-state index contributed by atoms with van der Waals surface area (Å²) in [5.74, 6) is 0. The highest BCUT2D eigenvalue weighted by atomic mass is 15.3. The number of nitrogens with two attached hydrogens (primary N) is 3. The fraction of sp³-hybridized carbons (Fsp3) is 1.00. The number of rotatable bonds is 3. The number of nitrogens with zero attached hydrogens (tertiary/aromatic N) is 1. The van der Waals surface area contributed by atoms with Crippen LogP contribution in [0.3, 0.4) is 0 Å². The number of piperazine rings is 1. The zero-order valence-electron chi connectivity index (χ0n) is 8.29. The normalized spacial score (nSPS) is 26.8. The van der Waals surface area contributed by atoms with Crippen molar-refractivity contribution in [2.75, 3.05) is 32.7 Å². The van der Waals surface area contributed by atoms with E-state index in [1.807, 2.05) is 6.92 Å². The second kappa shape index (κ2) is 4.34. The van der Waals surface area contributed by atoms with Crippen molar-refractivity contribution in [1.29, 1.82) is 0 Å². The van der Waals surface area contributed by atoms with Gasteiger partial charge in [-0.05, 0) is 6.92 Å². The van der Waals surface area contributed by atoms with Crippen molar-refractivity contribution in [2.24, 2.45) is 17.2 Å². The summed E-state index contributed by atoms with van der Waals surface area (Å²) < 4.78 is 0. The van der Waals surface area contributed by atoms with Gasteiger partial charge >= 0.3 is 0 Å². The van der Waals surface area contributed by atoms with E-state index in [0.29, 0.717) is 6.54 Å². The summed E-state index contributed by atoms with van der Waals surface area (Å²) in [6, 6.07) is -0.101. The lowest BCUT2D eigenvalue weighted by Gasteiger charge is -2.45. The van der Waals surface area contributed by atoms with E-state index in [1.54, 1.807) is 0 Å². The Morgan fingerprint density at radius 2 is 2.00 bits per heavy atom. The van der Waals surface area contributed by atoms with Crippen molar-refractivity contribution >= 4 is 0 Å². The molecule has 0 spiro atoms. The van der Waals surface area contributed by atoms with Crippen LogP contribution in [0.2, 0.25) is 0 Å². The highest BCUT2D eigenvalue weighted by molar-refractivity contribution is 4.94. The van der Waals surface area contributed by atoms with E-state index in [1.165, 1.54) is 0 Å². The van der Waals surface area contributed by atoms with Crippen molar-refractivity contribution in [2.45, 2.75) is 18.6 Å². The summed E-state index contributed by atoms with van der Waals surface area (Å²) >= 11 is 0. The van der Waals surface area contributed by atoms with E-state index in [-0.39, 0.29) is 6.04 Å². The van der Waals surface area contributed by atoms with E-state index >= 15 is 0 Å². The van der Waals surface area contributed by atoms with Gasteiger partial charge in [0.15, 0.2) is 0 Å². The Bertz CT molecular complexity index is 155. The molecule has 7 N–H and O–H groups in total. The van der Waals surface area contributed by atoms with Crippen molar-refractivity contribution in [1.82, 2.24) is 10.2 Å². The molecule has 0 aromatic rings. The smallest absolute Gasteiger partial charge is 0.0966 e. The Morgan fingerprint density at radius 3 is 2.38 bits per heavy atom. The number of hydrogen-bond donors (Lipinski definition) is 4. The second-order valence-electron chi connectivity index (χ2n) is 3.72. The second-order valence-corrected chi connectivity index (χ2v) is 3.72. The molecule has 78 valence electrons. The number of hydrogen-bond acceptors (Lipinski definition) is 5. The Hall–Kier alpha value is -0.200. The molecule has 1 saturated heterocycles. The van der Waals surface area contributed by atoms with Crippen molar-refractivity contribution in [3.05, 3.63) is 0 Å². The zero-order valence-corrected chi connectivity index (χ0v) is 8.29. The van der Waals surface area contributed by atoms with Crippen LogP contribution in [0.4, 0.5) is 0 Å². The van der Waals surface area contributed by atoms with Gasteiger partial charge in [0.2, 0.25) is 0 Å². The Balaban J connectivity index is 2.62. The van der Waals surface area contributed by atoms with Crippen LogP contribution in [0.1, 0.15) is 6.92 Å². The molecule has 1 rings (SSSR count). The highest BCUT2D eigenvalue weighted by Gasteiger charge is 2.35. The highest BCUT2D eigenvalue weighted by Crippen LogP contribution is 2.11. The molecule has 0 aromatic heterocycles. The SMILES string of the molecule is CC(N)C(N)(CN)N1CCNCC1. The Kier molecular flexibility index (Phi) is 3.63. The molecule has 1 aliphatic heterocycles. The van der Waals surface area contributed by atoms with Crippen LogP contribution in [0.5, 0.6) is 0 Å². The molecule has 13 heavy (non-hydrogen) atoms. The maximum atomic E-state index is 6.16. The van der Waals surface area contributed by atoms with E-state index in [4.69, 9.17) is 17.2 Å². The predicted molar refractivity (Wildman–Crippen MR) is 54.1 cm³/mol. The van der Waals surface area contributed by atoms with E-state index in [9.17, 15) is 0 Å². The monoisotopic (exact) mass is 187 g/mol. The molecule has 1 heterocycles. The first-order valence-electron chi connectivity index (χ1n) is 4.81. The van der Waals surface area contributed by atoms with Crippen LogP contribution in [0.25, 0.3) is 0 Å².